The van der Waals surface area contributed by atoms with Crippen LogP contribution >= 0.6 is 0 Å². The number of nitrogens with one attached hydrogen (secondary N) is 1. The summed E-state index contributed by atoms with van der Waals surface area (Å²) in [6.45, 7) is 2.92. The first kappa shape index (κ1) is 10.8. The van der Waals surface area contributed by atoms with Gasteiger partial charge in [0.25, 0.3) is 0 Å². The van der Waals surface area contributed by atoms with E-state index in [0.29, 0.717) is 0 Å². The van der Waals surface area contributed by atoms with Crippen molar-refractivity contribution in [3.05, 3.63) is 18.2 Å². The summed E-state index contributed by atoms with van der Waals surface area (Å²) in [7, 11) is 1.98. The number of aromatic nitrogens is 2. The standard InChI is InChI=1S/C11H17N3/c1-4-6-10(5-2)13-8-11-7-12-9-14(11)3/h2,7,9-10,13H,4,6,8H2,1,3H3. The van der Waals surface area contributed by atoms with Crippen LogP contribution in [0.25, 0.3) is 0 Å². The highest BCUT2D eigenvalue weighted by molar-refractivity contribution is 5.02. The van der Waals surface area contributed by atoms with E-state index < -0.39 is 0 Å². The van der Waals surface area contributed by atoms with Gasteiger partial charge in [0, 0.05) is 19.8 Å². The van der Waals surface area contributed by atoms with Gasteiger partial charge in [-0.1, -0.05) is 19.3 Å². The van der Waals surface area contributed by atoms with Crippen LogP contribution in [0.3, 0.4) is 0 Å². The highest BCUT2D eigenvalue weighted by Crippen LogP contribution is 1.99. The molecule has 0 amide bonds. The number of hydrogen-bond donors (Lipinski definition) is 1. The average molecular weight is 191 g/mol. The van der Waals surface area contributed by atoms with Gasteiger partial charge in [0.2, 0.25) is 0 Å². The smallest absolute Gasteiger partial charge is 0.0945 e. The van der Waals surface area contributed by atoms with Gasteiger partial charge in [0.15, 0.2) is 0 Å². The highest BCUT2D eigenvalue weighted by Gasteiger charge is 2.04. The summed E-state index contributed by atoms with van der Waals surface area (Å²) in [6, 6.07) is 0.176. The molecule has 76 valence electrons. The van der Waals surface area contributed by atoms with Crippen molar-refractivity contribution in [3.8, 4) is 12.3 Å². The maximum Gasteiger partial charge on any atom is 0.0945 e. The van der Waals surface area contributed by atoms with E-state index >= 15 is 0 Å². The molecule has 0 saturated heterocycles. The Morgan fingerprint density at radius 2 is 2.50 bits per heavy atom. The quantitative estimate of drug-likeness (QED) is 0.711. The monoisotopic (exact) mass is 191 g/mol. The molecular formula is C11H17N3. The third-order valence-electron chi connectivity index (χ3n) is 2.22. The van der Waals surface area contributed by atoms with Crippen molar-refractivity contribution in [3.63, 3.8) is 0 Å². The van der Waals surface area contributed by atoms with E-state index in [1.807, 2.05) is 17.8 Å². The zero-order valence-corrected chi connectivity index (χ0v) is 8.83. The molecular weight excluding hydrogens is 174 g/mol. The Balaban J connectivity index is 2.40. The number of aryl methyl sites for hydroxylation is 1. The molecule has 0 spiro atoms. The minimum atomic E-state index is 0.176. The minimum absolute atomic E-state index is 0.176. The van der Waals surface area contributed by atoms with Gasteiger partial charge >= 0.3 is 0 Å². The molecule has 14 heavy (non-hydrogen) atoms. The van der Waals surface area contributed by atoms with Gasteiger partial charge in [-0.25, -0.2) is 4.98 Å². The molecule has 0 saturated carbocycles. The molecule has 0 radical (unpaired) electrons. The van der Waals surface area contributed by atoms with Crippen LogP contribution in [0.2, 0.25) is 0 Å². The van der Waals surface area contributed by atoms with Crippen LogP contribution in [-0.2, 0) is 13.6 Å². The number of imidazole rings is 1. The molecule has 1 rings (SSSR count). The lowest BCUT2D eigenvalue weighted by Gasteiger charge is -2.11. The fraction of sp³-hybridized carbons (Fsp3) is 0.545. The molecule has 3 nitrogen and oxygen atoms in total. The van der Waals surface area contributed by atoms with Crippen LogP contribution in [0.4, 0.5) is 0 Å². The summed E-state index contributed by atoms with van der Waals surface area (Å²) in [5.74, 6) is 2.74. The molecule has 0 fully saturated rings. The Bertz CT molecular complexity index is 309. The van der Waals surface area contributed by atoms with E-state index in [1.165, 1.54) is 0 Å². The molecule has 1 heterocycles. The largest absolute Gasteiger partial charge is 0.337 e. The first-order valence-corrected chi connectivity index (χ1v) is 4.92. The molecule has 0 aliphatic heterocycles. The van der Waals surface area contributed by atoms with E-state index in [1.54, 1.807) is 6.33 Å². The van der Waals surface area contributed by atoms with Crippen LogP contribution in [0.15, 0.2) is 12.5 Å². The van der Waals surface area contributed by atoms with Crippen LogP contribution in [0.1, 0.15) is 25.5 Å². The van der Waals surface area contributed by atoms with Crippen molar-refractivity contribution in [2.24, 2.45) is 7.05 Å². The van der Waals surface area contributed by atoms with E-state index in [2.05, 4.69) is 23.1 Å². The predicted molar refractivity (Wildman–Crippen MR) is 57.6 cm³/mol. The lowest BCUT2D eigenvalue weighted by Crippen LogP contribution is -2.27. The minimum Gasteiger partial charge on any atom is -0.337 e. The summed E-state index contributed by atoms with van der Waals surface area (Å²) in [5.41, 5.74) is 1.15. The van der Waals surface area contributed by atoms with Gasteiger partial charge in [-0.3, -0.25) is 5.32 Å². The van der Waals surface area contributed by atoms with Gasteiger partial charge in [-0.2, -0.15) is 0 Å². The second kappa shape index (κ2) is 5.46. The molecule has 1 aromatic rings. The van der Waals surface area contributed by atoms with Crippen LogP contribution in [-0.4, -0.2) is 15.6 Å². The summed E-state index contributed by atoms with van der Waals surface area (Å²) in [6.07, 6.45) is 11.2. The average Bonchev–Trinajstić information content (AvgIpc) is 2.59. The third-order valence-corrected chi connectivity index (χ3v) is 2.22. The van der Waals surface area contributed by atoms with Gasteiger partial charge in [0.05, 0.1) is 18.1 Å². The van der Waals surface area contributed by atoms with E-state index in [4.69, 9.17) is 6.42 Å². The molecule has 1 unspecified atom stereocenters. The summed E-state index contributed by atoms with van der Waals surface area (Å²) >= 11 is 0. The molecule has 0 aliphatic carbocycles. The number of hydrogen-bond acceptors (Lipinski definition) is 2. The predicted octanol–water partition coefficient (Wildman–Crippen LogP) is 1.31. The van der Waals surface area contributed by atoms with Gasteiger partial charge in [-0.05, 0) is 6.42 Å². The van der Waals surface area contributed by atoms with Crippen LogP contribution in [0, 0.1) is 12.3 Å². The van der Waals surface area contributed by atoms with E-state index in [-0.39, 0.29) is 6.04 Å². The normalized spacial score (nSPS) is 12.4. The number of terminal acetylenes is 1. The van der Waals surface area contributed by atoms with Crippen molar-refractivity contribution >= 4 is 0 Å². The zero-order chi connectivity index (χ0) is 10.4. The first-order chi connectivity index (χ1) is 6.77. The zero-order valence-electron chi connectivity index (χ0n) is 8.83. The maximum atomic E-state index is 5.40. The Morgan fingerprint density at radius 3 is 3.00 bits per heavy atom. The van der Waals surface area contributed by atoms with Gasteiger partial charge < -0.3 is 4.57 Å². The molecule has 1 aromatic heterocycles. The topological polar surface area (TPSA) is 29.9 Å². The lowest BCUT2D eigenvalue weighted by atomic mass is 10.2. The van der Waals surface area contributed by atoms with Crippen molar-refractivity contribution in [2.45, 2.75) is 32.4 Å². The molecule has 3 heteroatoms. The molecule has 0 aliphatic rings. The molecule has 0 bridgehead atoms. The van der Waals surface area contributed by atoms with Crippen LogP contribution in [0.5, 0.6) is 0 Å². The summed E-state index contributed by atoms with van der Waals surface area (Å²) < 4.78 is 1.99. The number of nitrogens with zero attached hydrogens (tertiary/aromatic N) is 2. The Hall–Kier alpha value is -1.27. The van der Waals surface area contributed by atoms with Gasteiger partial charge in [0.1, 0.15) is 0 Å². The van der Waals surface area contributed by atoms with Crippen molar-refractivity contribution in [2.75, 3.05) is 0 Å². The maximum absolute atomic E-state index is 5.40. The second-order valence-electron chi connectivity index (χ2n) is 3.38. The summed E-state index contributed by atoms with van der Waals surface area (Å²) in [5, 5.41) is 3.32. The fourth-order valence-electron chi connectivity index (χ4n) is 1.32. The Morgan fingerprint density at radius 1 is 1.71 bits per heavy atom. The van der Waals surface area contributed by atoms with Gasteiger partial charge in [-0.15, -0.1) is 6.42 Å². The molecule has 0 aromatic carbocycles. The summed E-state index contributed by atoms with van der Waals surface area (Å²) in [4.78, 5) is 4.04. The Kier molecular flexibility index (Phi) is 4.21. The SMILES string of the molecule is C#CC(CCC)NCc1cncn1C. The van der Waals surface area contributed by atoms with Crippen molar-refractivity contribution in [1.82, 2.24) is 14.9 Å². The fourth-order valence-corrected chi connectivity index (χ4v) is 1.32. The van der Waals surface area contributed by atoms with Crippen molar-refractivity contribution < 1.29 is 0 Å². The molecule has 1 N–H and O–H groups in total. The first-order valence-electron chi connectivity index (χ1n) is 4.92. The third kappa shape index (κ3) is 2.90. The highest BCUT2D eigenvalue weighted by atomic mass is 15.0. The second-order valence-corrected chi connectivity index (χ2v) is 3.38. The lowest BCUT2D eigenvalue weighted by molar-refractivity contribution is 0.550. The van der Waals surface area contributed by atoms with E-state index in [9.17, 15) is 0 Å². The number of rotatable bonds is 5. The Labute approximate surface area is 85.5 Å². The van der Waals surface area contributed by atoms with Crippen LogP contribution < -0.4 is 5.32 Å². The van der Waals surface area contributed by atoms with Crippen molar-refractivity contribution in [1.29, 1.82) is 0 Å². The van der Waals surface area contributed by atoms with E-state index in [0.717, 1.165) is 25.1 Å². The molecule has 1 atom stereocenters.